The van der Waals surface area contributed by atoms with E-state index in [9.17, 15) is 13.2 Å². The summed E-state index contributed by atoms with van der Waals surface area (Å²) >= 11 is 0. The number of allylic oxidation sites excluding steroid dienone is 1. The Labute approximate surface area is 158 Å². The van der Waals surface area contributed by atoms with Gasteiger partial charge in [-0.05, 0) is 62.3 Å². The number of carbonyl (C=O) groups excluding carboxylic acids is 1. The second kappa shape index (κ2) is 7.09. The number of fused-ring (bicyclic) bond motifs is 1. The number of H-pyrrole nitrogens is 1. The molecule has 1 unspecified atom stereocenters. The molecule has 0 aromatic carbocycles. The highest BCUT2D eigenvalue weighted by atomic mass is 32.2. The summed E-state index contributed by atoms with van der Waals surface area (Å²) in [5, 5.41) is 1.03. The minimum Gasteiger partial charge on any atom is -0.346 e. The van der Waals surface area contributed by atoms with Gasteiger partial charge in [0.25, 0.3) is 0 Å². The molecule has 1 fully saturated rings. The Bertz CT molecular complexity index is 992. The van der Waals surface area contributed by atoms with Crippen molar-refractivity contribution in [3.63, 3.8) is 0 Å². The molecule has 0 saturated heterocycles. The van der Waals surface area contributed by atoms with Gasteiger partial charge in [-0.3, -0.25) is 9.69 Å². The van der Waals surface area contributed by atoms with Crippen molar-refractivity contribution in [3.8, 4) is 0 Å². The SMILES string of the molecule is CCS(=O)(=O)NC1CC=C(c2cc(N(C=O)C3CC3)nc3[nH]ccc23)CC1. The maximum Gasteiger partial charge on any atom is 0.215 e. The normalized spacial score (nSPS) is 20.5. The van der Waals surface area contributed by atoms with Crippen LogP contribution in [0, 0.1) is 0 Å². The topological polar surface area (TPSA) is 95.2 Å². The van der Waals surface area contributed by atoms with Crippen molar-refractivity contribution >= 4 is 38.9 Å². The van der Waals surface area contributed by atoms with Gasteiger partial charge in [0.2, 0.25) is 16.4 Å². The van der Waals surface area contributed by atoms with Crippen LogP contribution in [0.15, 0.2) is 24.4 Å². The fourth-order valence-corrected chi connectivity index (χ4v) is 4.51. The van der Waals surface area contributed by atoms with E-state index < -0.39 is 10.0 Å². The molecule has 0 aliphatic heterocycles. The van der Waals surface area contributed by atoms with Gasteiger partial charge in [-0.2, -0.15) is 0 Å². The molecule has 0 bridgehead atoms. The monoisotopic (exact) mass is 388 g/mol. The summed E-state index contributed by atoms with van der Waals surface area (Å²) in [6.07, 6.45) is 9.07. The average Bonchev–Trinajstić information content (AvgIpc) is 3.38. The zero-order valence-electron chi connectivity index (χ0n) is 15.3. The summed E-state index contributed by atoms with van der Waals surface area (Å²) < 4.78 is 26.4. The molecule has 1 amide bonds. The molecule has 2 aliphatic carbocycles. The first-order chi connectivity index (χ1) is 13.0. The number of amides is 1. The Hall–Kier alpha value is -2.19. The number of sulfonamides is 1. The lowest BCUT2D eigenvalue weighted by Crippen LogP contribution is -2.36. The number of nitrogens with one attached hydrogen (secondary N) is 2. The number of pyridine rings is 1. The lowest BCUT2D eigenvalue weighted by molar-refractivity contribution is -0.107. The number of hydrogen-bond acceptors (Lipinski definition) is 4. The third-order valence-electron chi connectivity index (χ3n) is 5.32. The van der Waals surface area contributed by atoms with Crippen LogP contribution in [0.3, 0.4) is 0 Å². The first-order valence-corrected chi connectivity index (χ1v) is 11.1. The van der Waals surface area contributed by atoms with E-state index >= 15 is 0 Å². The van der Waals surface area contributed by atoms with Gasteiger partial charge in [0.05, 0.1) is 5.75 Å². The second-order valence-electron chi connectivity index (χ2n) is 7.23. The van der Waals surface area contributed by atoms with Gasteiger partial charge in [-0.15, -0.1) is 0 Å². The summed E-state index contributed by atoms with van der Waals surface area (Å²) in [5.41, 5.74) is 3.02. The number of carbonyl (C=O) groups is 1. The number of anilines is 1. The number of hydrogen-bond donors (Lipinski definition) is 2. The molecule has 2 aromatic heterocycles. The van der Waals surface area contributed by atoms with Gasteiger partial charge in [0.15, 0.2) is 0 Å². The zero-order chi connectivity index (χ0) is 19.0. The summed E-state index contributed by atoms with van der Waals surface area (Å²) in [5.74, 6) is 0.771. The molecule has 144 valence electrons. The van der Waals surface area contributed by atoms with Gasteiger partial charge in [-0.1, -0.05) is 6.08 Å². The summed E-state index contributed by atoms with van der Waals surface area (Å²) in [6, 6.07) is 4.19. The lowest BCUT2D eigenvalue weighted by atomic mass is 9.90. The van der Waals surface area contributed by atoms with Crippen molar-refractivity contribution < 1.29 is 13.2 Å². The molecule has 1 atom stereocenters. The highest BCUT2D eigenvalue weighted by Gasteiger charge is 2.31. The largest absolute Gasteiger partial charge is 0.346 e. The Morgan fingerprint density at radius 2 is 2.19 bits per heavy atom. The molecule has 1 saturated carbocycles. The van der Waals surface area contributed by atoms with E-state index in [1.807, 2.05) is 18.3 Å². The van der Waals surface area contributed by atoms with Crippen molar-refractivity contribution in [2.24, 2.45) is 0 Å². The molecule has 7 nitrogen and oxygen atoms in total. The number of rotatable bonds is 7. The average molecular weight is 388 g/mol. The first-order valence-electron chi connectivity index (χ1n) is 9.42. The van der Waals surface area contributed by atoms with Gasteiger partial charge < -0.3 is 4.98 Å². The molecule has 2 aromatic rings. The van der Waals surface area contributed by atoms with E-state index in [1.165, 1.54) is 5.57 Å². The Morgan fingerprint density at radius 1 is 1.37 bits per heavy atom. The van der Waals surface area contributed by atoms with E-state index in [0.29, 0.717) is 12.2 Å². The quantitative estimate of drug-likeness (QED) is 0.713. The highest BCUT2D eigenvalue weighted by molar-refractivity contribution is 7.89. The molecular formula is C19H24N4O3S. The molecule has 27 heavy (non-hydrogen) atoms. The Morgan fingerprint density at radius 3 is 2.81 bits per heavy atom. The van der Waals surface area contributed by atoms with Crippen molar-refractivity contribution in [2.75, 3.05) is 10.7 Å². The fraction of sp³-hybridized carbons (Fsp3) is 0.474. The number of nitrogens with zero attached hydrogens (tertiary/aromatic N) is 2. The molecule has 0 spiro atoms. The van der Waals surface area contributed by atoms with Crippen LogP contribution in [0.2, 0.25) is 0 Å². The molecule has 8 heteroatoms. The predicted molar refractivity (Wildman–Crippen MR) is 106 cm³/mol. The van der Waals surface area contributed by atoms with Crippen LogP contribution in [0.5, 0.6) is 0 Å². The molecule has 2 aliphatic rings. The highest BCUT2D eigenvalue weighted by Crippen LogP contribution is 2.36. The van der Waals surface area contributed by atoms with Crippen molar-refractivity contribution in [3.05, 3.63) is 30.0 Å². The van der Waals surface area contributed by atoms with E-state index in [-0.39, 0.29) is 17.8 Å². The van der Waals surface area contributed by atoms with Crippen LogP contribution in [0.4, 0.5) is 5.82 Å². The first kappa shape index (κ1) is 18.2. The predicted octanol–water partition coefficient (Wildman–Crippen LogP) is 2.56. The molecule has 0 radical (unpaired) electrons. The van der Waals surface area contributed by atoms with Crippen molar-refractivity contribution in [1.29, 1.82) is 0 Å². The van der Waals surface area contributed by atoms with Crippen LogP contribution in [0.1, 0.15) is 44.6 Å². The van der Waals surface area contributed by atoms with E-state index in [0.717, 1.165) is 48.7 Å². The van der Waals surface area contributed by atoms with Crippen molar-refractivity contribution in [1.82, 2.24) is 14.7 Å². The molecule has 2 N–H and O–H groups in total. The van der Waals surface area contributed by atoms with Crippen LogP contribution in [0.25, 0.3) is 16.6 Å². The summed E-state index contributed by atoms with van der Waals surface area (Å²) in [6.45, 7) is 1.65. The minimum atomic E-state index is -3.19. The van der Waals surface area contributed by atoms with Gasteiger partial charge >= 0.3 is 0 Å². The van der Waals surface area contributed by atoms with E-state index in [1.54, 1.807) is 11.8 Å². The lowest BCUT2D eigenvalue weighted by Gasteiger charge is -2.24. The Balaban J connectivity index is 1.64. The molecular weight excluding hydrogens is 364 g/mol. The van der Waals surface area contributed by atoms with Crippen LogP contribution < -0.4 is 9.62 Å². The Kier molecular flexibility index (Phi) is 4.77. The van der Waals surface area contributed by atoms with Gasteiger partial charge in [0.1, 0.15) is 11.5 Å². The number of aromatic amines is 1. The number of aromatic nitrogens is 2. The van der Waals surface area contributed by atoms with Crippen molar-refractivity contribution in [2.45, 2.75) is 51.1 Å². The third-order valence-corrected chi connectivity index (χ3v) is 6.77. The van der Waals surface area contributed by atoms with E-state index in [2.05, 4.69) is 20.8 Å². The van der Waals surface area contributed by atoms with E-state index in [4.69, 9.17) is 0 Å². The maximum absolute atomic E-state index is 11.8. The van der Waals surface area contributed by atoms with Gasteiger partial charge in [0, 0.05) is 23.7 Å². The van der Waals surface area contributed by atoms with Gasteiger partial charge in [-0.25, -0.2) is 18.1 Å². The smallest absolute Gasteiger partial charge is 0.215 e. The second-order valence-corrected chi connectivity index (χ2v) is 9.28. The summed E-state index contributed by atoms with van der Waals surface area (Å²) in [7, 11) is -3.19. The molecule has 2 heterocycles. The van der Waals surface area contributed by atoms with Crippen LogP contribution >= 0.6 is 0 Å². The van der Waals surface area contributed by atoms with Crippen LogP contribution in [-0.2, 0) is 14.8 Å². The standard InChI is InChI=1S/C19H24N4O3S/c1-2-27(25,26)22-14-5-3-13(4-6-14)17-11-18(23(12-24)15-7-8-15)21-19-16(17)9-10-20-19/h3,9-12,14-15,22H,2,4-8H2,1H3,(H,20,21). The third kappa shape index (κ3) is 3.77. The minimum absolute atomic E-state index is 0.0559. The zero-order valence-corrected chi connectivity index (χ0v) is 16.1. The summed E-state index contributed by atoms with van der Waals surface area (Å²) in [4.78, 5) is 21.0. The maximum atomic E-state index is 11.8. The van der Waals surface area contributed by atoms with Crippen LogP contribution in [-0.4, -0.2) is 42.6 Å². The fourth-order valence-electron chi connectivity index (χ4n) is 3.63. The molecule has 4 rings (SSSR count).